The zero-order valence-corrected chi connectivity index (χ0v) is 15.7. The fourth-order valence-corrected chi connectivity index (χ4v) is 2.17. The highest BCUT2D eigenvalue weighted by Gasteiger charge is 1.89. The molecule has 0 aromatic heterocycles. The first-order valence-corrected chi connectivity index (χ1v) is 8.39. The van der Waals surface area contributed by atoms with E-state index in [1.54, 1.807) is 30.3 Å². The van der Waals surface area contributed by atoms with Gasteiger partial charge in [0.15, 0.2) is 0 Å². The molecule has 3 aromatic rings. The molecule has 3 aromatic carbocycles. The van der Waals surface area contributed by atoms with Crippen LogP contribution in [0.2, 0.25) is 25.1 Å². The number of halogens is 5. The average Bonchev–Trinajstić information content (AvgIpc) is 2.52. The number of rotatable bonds is 0. The van der Waals surface area contributed by atoms with Crippen molar-refractivity contribution in [3.05, 3.63) is 104 Å². The third-order valence-corrected chi connectivity index (χ3v) is 3.82. The SMILES string of the molecule is Clc1cccc(Cl)c1.Clc1ccccc1.Clc1ccccc1Cl. The van der Waals surface area contributed by atoms with Crippen molar-refractivity contribution in [2.75, 3.05) is 0 Å². The third-order valence-electron chi connectivity index (χ3n) is 2.34. The number of hydrogen-bond acceptors (Lipinski definition) is 0. The highest BCUT2D eigenvalue weighted by Crippen LogP contribution is 2.19. The van der Waals surface area contributed by atoms with E-state index >= 15 is 0 Å². The molecule has 0 saturated heterocycles. The normalized spacial score (nSPS) is 9.09. The van der Waals surface area contributed by atoms with Gasteiger partial charge in [-0.05, 0) is 42.5 Å². The molecule has 0 aliphatic carbocycles. The van der Waals surface area contributed by atoms with Gasteiger partial charge in [0.05, 0.1) is 10.0 Å². The van der Waals surface area contributed by atoms with Gasteiger partial charge in [-0.3, -0.25) is 0 Å². The largest absolute Gasteiger partial charge is 0.0843 e. The molecule has 23 heavy (non-hydrogen) atoms. The number of benzene rings is 3. The Bertz CT molecular complexity index is 660. The molecule has 5 heteroatoms. The van der Waals surface area contributed by atoms with E-state index in [-0.39, 0.29) is 0 Å². The lowest BCUT2D eigenvalue weighted by Gasteiger charge is -1.88. The van der Waals surface area contributed by atoms with Crippen LogP contribution in [-0.2, 0) is 0 Å². The van der Waals surface area contributed by atoms with Crippen LogP contribution in [0, 0.1) is 0 Å². The third kappa shape index (κ3) is 9.76. The summed E-state index contributed by atoms with van der Waals surface area (Å²) in [6.07, 6.45) is 0. The first kappa shape index (κ1) is 20.2. The van der Waals surface area contributed by atoms with Crippen LogP contribution in [-0.4, -0.2) is 0 Å². The van der Waals surface area contributed by atoms with E-state index in [4.69, 9.17) is 58.0 Å². The van der Waals surface area contributed by atoms with Gasteiger partial charge in [-0.25, -0.2) is 0 Å². The van der Waals surface area contributed by atoms with Gasteiger partial charge in [0.2, 0.25) is 0 Å². The van der Waals surface area contributed by atoms with Gasteiger partial charge in [-0.15, -0.1) is 0 Å². The topological polar surface area (TPSA) is 0 Å². The maximum absolute atomic E-state index is 5.58. The van der Waals surface area contributed by atoms with Gasteiger partial charge in [-0.1, -0.05) is 94.4 Å². The first-order valence-electron chi connectivity index (χ1n) is 6.50. The van der Waals surface area contributed by atoms with Crippen LogP contribution in [0.3, 0.4) is 0 Å². The predicted molar refractivity (Wildman–Crippen MR) is 104 cm³/mol. The zero-order chi connectivity index (χ0) is 17.1. The van der Waals surface area contributed by atoms with Crippen molar-refractivity contribution >= 4 is 58.0 Å². The van der Waals surface area contributed by atoms with E-state index in [1.165, 1.54) is 0 Å². The van der Waals surface area contributed by atoms with Crippen LogP contribution in [0.25, 0.3) is 0 Å². The van der Waals surface area contributed by atoms with Gasteiger partial charge in [0, 0.05) is 15.1 Å². The smallest absolute Gasteiger partial charge is 0.0592 e. The Balaban J connectivity index is 0.000000173. The van der Waals surface area contributed by atoms with Gasteiger partial charge in [0.25, 0.3) is 0 Å². The lowest BCUT2D eigenvalue weighted by atomic mass is 10.4. The first-order chi connectivity index (χ1) is 11.0. The average molecular weight is 407 g/mol. The van der Waals surface area contributed by atoms with E-state index in [0.717, 1.165) is 5.02 Å². The fraction of sp³-hybridized carbons (Fsp3) is 0. The molecule has 0 nitrogen and oxygen atoms in total. The maximum atomic E-state index is 5.58. The molecule has 0 bridgehead atoms. The molecule has 0 amide bonds. The van der Waals surface area contributed by atoms with Crippen molar-refractivity contribution in [2.45, 2.75) is 0 Å². The second-order valence-electron chi connectivity index (χ2n) is 4.15. The minimum Gasteiger partial charge on any atom is -0.0843 e. The molecular formula is C18H13Cl5. The lowest BCUT2D eigenvalue weighted by Crippen LogP contribution is -1.62. The summed E-state index contributed by atoms with van der Waals surface area (Å²) >= 11 is 27.8. The Labute approximate surface area is 161 Å². The molecule has 0 aliphatic heterocycles. The lowest BCUT2D eigenvalue weighted by molar-refractivity contribution is 1.71. The van der Waals surface area contributed by atoms with E-state index in [9.17, 15) is 0 Å². The van der Waals surface area contributed by atoms with Crippen molar-refractivity contribution in [1.82, 2.24) is 0 Å². The van der Waals surface area contributed by atoms with Gasteiger partial charge >= 0.3 is 0 Å². The monoisotopic (exact) mass is 404 g/mol. The molecule has 0 fully saturated rings. The molecular weight excluding hydrogens is 393 g/mol. The van der Waals surface area contributed by atoms with Crippen LogP contribution in [0.15, 0.2) is 78.9 Å². The van der Waals surface area contributed by atoms with Crippen molar-refractivity contribution in [2.24, 2.45) is 0 Å². The van der Waals surface area contributed by atoms with Crippen molar-refractivity contribution in [3.8, 4) is 0 Å². The van der Waals surface area contributed by atoms with E-state index in [0.29, 0.717) is 20.1 Å². The highest BCUT2D eigenvalue weighted by atomic mass is 35.5. The second kappa shape index (κ2) is 11.6. The summed E-state index contributed by atoms with van der Waals surface area (Å²) in [7, 11) is 0. The Kier molecular flexibility index (Phi) is 10.2. The quantitative estimate of drug-likeness (QED) is 0.352. The molecule has 0 saturated carbocycles. The summed E-state index contributed by atoms with van der Waals surface area (Å²) in [4.78, 5) is 0. The molecule has 0 radical (unpaired) electrons. The summed E-state index contributed by atoms with van der Waals surface area (Å²) < 4.78 is 0. The molecule has 0 spiro atoms. The second-order valence-corrected chi connectivity index (χ2v) is 6.27. The zero-order valence-electron chi connectivity index (χ0n) is 11.9. The van der Waals surface area contributed by atoms with Crippen molar-refractivity contribution < 1.29 is 0 Å². The van der Waals surface area contributed by atoms with Gasteiger partial charge < -0.3 is 0 Å². The summed E-state index contributed by atoms with van der Waals surface area (Å²) in [5.74, 6) is 0. The summed E-state index contributed by atoms with van der Waals surface area (Å²) in [5.41, 5.74) is 0. The Hall–Kier alpha value is -0.890. The maximum Gasteiger partial charge on any atom is 0.0592 e. The van der Waals surface area contributed by atoms with Crippen LogP contribution < -0.4 is 0 Å². The van der Waals surface area contributed by atoms with Crippen LogP contribution in [0.4, 0.5) is 0 Å². The van der Waals surface area contributed by atoms with E-state index < -0.39 is 0 Å². The standard InChI is InChI=1S/2C6H4Cl2.C6H5Cl/c7-5-2-1-3-6(8)4-5;7-5-3-1-2-4-6(5)8;7-6-4-2-1-3-5-6/h2*1-4H;1-5H. The Morgan fingerprint density at radius 2 is 0.783 bits per heavy atom. The summed E-state index contributed by atoms with van der Waals surface area (Å²) in [5, 5.41) is 3.36. The van der Waals surface area contributed by atoms with Crippen LogP contribution >= 0.6 is 58.0 Å². The Morgan fingerprint density at radius 1 is 0.391 bits per heavy atom. The van der Waals surface area contributed by atoms with Gasteiger partial charge in [0.1, 0.15) is 0 Å². The van der Waals surface area contributed by atoms with Crippen molar-refractivity contribution in [3.63, 3.8) is 0 Å². The molecule has 0 atom stereocenters. The fourth-order valence-electron chi connectivity index (χ4n) is 1.31. The Morgan fingerprint density at radius 3 is 1.04 bits per heavy atom. The minimum absolute atomic E-state index is 0.606. The van der Waals surface area contributed by atoms with E-state index in [1.807, 2.05) is 48.5 Å². The minimum atomic E-state index is 0.606. The molecule has 0 heterocycles. The van der Waals surface area contributed by atoms with Crippen LogP contribution in [0.1, 0.15) is 0 Å². The van der Waals surface area contributed by atoms with E-state index in [2.05, 4.69) is 0 Å². The van der Waals surface area contributed by atoms with Gasteiger partial charge in [-0.2, -0.15) is 0 Å². The molecule has 0 N–H and O–H groups in total. The number of hydrogen-bond donors (Lipinski definition) is 0. The highest BCUT2D eigenvalue weighted by molar-refractivity contribution is 6.41. The summed E-state index contributed by atoms with van der Waals surface area (Å²) in [6.45, 7) is 0. The molecule has 0 unspecified atom stereocenters. The van der Waals surface area contributed by atoms with Crippen LogP contribution in [0.5, 0.6) is 0 Å². The van der Waals surface area contributed by atoms with Crippen molar-refractivity contribution in [1.29, 1.82) is 0 Å². The summed E-state index contributed by atoms with van der Waals surface area (Å²) in [6, 6.07) is 23.7. The molecule has 3 rings (SSSR count). The molecule has 120 valence electrons. The predicted octanol–water partition coefficient (Wildman–Crippen LogP) is 8.33. The molecule has 0 aliphatic rings.